The van der Waals surface area contributed by atoms with E-state index in [4.69, 9.17) is 14.2 Å². The number of aliphatic hydroxyl groups is 1. The summed E-state index contributed by atoms with van der Waals surface area (Å²) in [7, 11) is 3.24. The Morgan fingerprint density at radius 3 is 2.62 bits per heavy atom. The molecule has 2 atom stereocenters. The maximum absolute atomic E-state index is 10.4. The van der Waals surface area contributed by atoms with Gasteiger partial charge in [-0.25, -0.2) is 0 Å². The maximum atomic E-state index is 10.4. The zero-order valence-electron chi connectivity index (χ0n) is 12.1. The number of hydrogen-bond donors (Lipinski definition) is 1. The molecule has 0 amide bonds. The first-order valence-corrected chi connectivity index (χ1v) is 6.88. The second kappa shape index (κ2) is 5.66. The van der Waals surface area contributed by atoms with Gasteiger partial charge in [-0.1, -0.05) is 18.2 Å². The van der Waals surface area contributed by atoms with Gasteiger partial charge in [-0.15, -0.1) is 0 Å². The lowest BCUT2D eigenvalue weighted by atomic mass is 9.94. The van der Waals surface area contributed by atoms with Crippen LogP contribution >= 0.6 is 0 Å². The smallest absolute Gasteiger partial charge is 0.130 e. The molecule has 1 heterocycles. The van der Waals surface area contributed by atoms with Crippen LogP contribution in [0.4, 0.5) is 0 Å². The van der Waals surface area contributed by atoms with Crippen molar-refractivity contribution in [1.29, 1.82) is 0 Å². The van der Waals surface area contributed by atoms with Crippen molar-refractivity contribution in [3.63, 3.8) is 0 Å². The number of hydrogen-bond acceptors (Lipinski definition) is 4. The largest absolute Gasteiger partial charge is 0.497 e. The van der Waals surface area contributed by atoms with Crippen LogP contribution in [0.25, 0.3) is 0 Å². The van der Waals surface area contributed by atoms with Gasteiger partial charge in [0.15, 0.2) is 0 Å². The first-order chi connectivity index (χ1) is 10.2. The highest BCUT2D eigenvalue weighted by molar-refractivity contribution is 5.45. The first-order valence-electron chi connectivity index (χ1n) is 6.88. The molecule has 0 bridgehead atoms. The van der Waals surface area contributed by atoms with E-state index in [0.29, 0.717) is 17.9 Å². The average molecular weight is 286 g/mol. The molecule has 0 radical (unpaired) electrons. The molecule has 1 aliphatic heterocycles. The minimum atomic E-state index is -0.561. The van der Waals surface area contributed by atoms with Crippen LogP contribution in [0.15, 0.2) is 42.5 Å². The Balaban J connectivity index is 1.97. The Hall–Kier alpha value is -2.20. The number of ether oxygens (including phenoxy) is 3. The second-order valence-electron chi connectivity index (χ2n) is 5.00. The van der Waals surface area contributed by atoms with E-state index in [2.05, 4.69) is 0 Å². The van der Waals surface area contributed by atoms with Crippen LogP contribution < -0.4 is 14.2 Å². The van der Waals surface area contributed by atoms with Crippen LogP contribution in [0.1, 0.15) is 29.8 Å². The SMILES string of the molecule is COc1ccc2c(c1)OC(c1ccccc1OC)C[C@H]2O. The van der Waals surface area contributed by atoms with E-state index in [9.17, 15) is 5.11 Å². The minimum absolute atomic E-state index is 0.240. The van der Waals surface area contributed by atoms with Crippen molar-refractivity contribution in [2.24, 2.45) is 0 Å². The number of aliphatic hydroxyl groups excluding tert-OH is 1. The van der Waals surface area contributed by atoms with Crippen molar-refractivity contribution in [3.8, 4) is 17.2 Å². The van der Waals surface area contributed by atoms with Crippen molar-refractivity contribution in [2.45, 2.75) is 18.6 Å². The fourth-order valence-corrected chi connectivity index (χ4v) is 2.67. The summed E-state index contributed by atoms with van der Waals surface area (Å²) < 4.78 is 16.6. The molecule has 1 N–H and O–H groups in total. The van der Waals surface area contributed by atoms with Crippen LogP contribution in [-0.4, -0.2) is 19.3 Å². The van der Waals surface area contributed by atoms with Gasteiger partial charge in [-0.2, -0.15) is 0 Å². The van der Waals surface area contributed by atoms with Gasteiger partial charge in [0.1, 0.15) is 23.4 Å². The van der Waals surface area contributed by atoms with Gasteiger partial charge < -0.3 is 19.3 Å². The van der Waals surface area contributed by atoms with Crippen molar-refractivity contribution in [1.82, 2.24) is 0 Å². The molecule has 0 saturated carbocycles. The fraction of sp³-hybridized carbons (Fsp3) is 0.294. The summed E-state index contributed by atoms with van der Waals surface area (Å²) in [6, 6.07) is 13.2. The Kier molecular flexibility index (Phi) is 3.71. The summed E-state index contributed by atoms with van der Waals surface area (Å²) in [4.78, 5) is 0. The Bertz CT molecular complexity index is 638. The van der Waals surface area contributed by atoms with Gasteiger partial charge in [0, 0.05) is 23.6 Å². The van der Waals surface area contributed by atoms with Crippen LogP contribution in [-0.2, 0) is 0 Å². The van der Waals surface area contributed by atoms with E-state index in [0.717, 1.165) is 16.9 Å². The quantitative estimate of drug-likeness (QED) is 0.941. The van der Waals surface area contributed by atoms with E-state index < -0.39 is 6.10 Å². The lowest BCUT2D eigenvalue weighted by molar-refractivity contribution is 0.0643. The average Bonchev–Trinajstić information content (AvgIpc) is 2.54. The normalized spacial score (nSPS) is 20.3. The Morgan fingerprint density at radius 2 is 1.86 bits per heavy atom. The van der Waals surface area contributed by atoms with Crippen LogP contribution in [0.5, 0.6) is 17.2 Å². The topological polar surface area (TPSA) is 47.9 Å². The van der Waals surface area contributed by atoms with Gasteiger partial charge in [0.25, 0.3) is 0 Å². The fourth-order valence-electron chi connectivity index (χ4n) is 2.67. The molecule has 0 aliphatic carbocycles. The first kappa shape index (κ1) is 13.8. The minimum Gasteiger partial charge on any atom is -0.497 e. The second-order valence-corrected chi connectivity index (χ2v) is 5.00. The standard InChI is InChI=1S/C17H18O4/c1-19-11-7-8-12-14(18)10-17(21-16(12)9-11)13-5-3-4-6-15(13)20-2/h3-9,14,17-18H,10H2,1-2H3/t14-,17?/m1/s1. The van der Waals surface area contributed by atoms with Gasteiger partial charge >= 0.3 is 0 Å². The molecule has 0 fully saturated rings. The molecular weight excluding hydrogens is 268 g/mol. The molecule has 3 rings (SSSR count). The van der Waals surface area contributed by atoms with Gasteiger partial charge in [-0.3, -0.25) is 0 Å². The zero-order valence-corrected chi connectivity index (χ0v) is 12.1. The Morgan fingerprint density at radius 1 is 1.05 bits per heavy atom. The molecule has 0 spiro atoms. The lowest BCUT2D eigenvalue weighted by Crippen LogP contribution is -2.19. The van der Waals surface area contributed by atoms with Crippen molar-refractivity contribution >= 4 is 0 Å². The summed E-state index contributed by atoms with van der Waals surface area (Å²) >= 11 is 0. The summed E-state index contributed by atoms with van der Waals surface area (Å²) in [5.41, 5.74) is 1.73. The number of para-hydroxylation sites is 1. The van der Waals surface area contributed by atoms with Crippen LogP contribution in [0.2, 0.25) is 0 Å². The van der Waals surface area contributed by atoms with Gasteiger partial charge in [-0.05, 0) is 18.2 Å². The highest BCUT2D eigenvalue weighted by Crippen LogP contribution is 2.44. The lowest BCUT2D eigenvalue weighted by Gasteiger charge is -2.30. The van der Waals surface area contributed by atoms with E-state index in [-0.39, 0.29) is 6.10 Å². The van der Waals surface area contributed by atoms with Crippen molar-refractivity contribution in [3.05, 3.63) is 53.6 Å². The number of benzene rings is 2. The van der Waals surface area contributed by atoms with E-state index in [1.54, 1.807) is 20.3 Å². The van der Waals surface area contributed by atoms with E-state index in [1.807, 2.05) is 36.4 Å². The third-order valence-electron chi connectivity index (χ3n) is 3.77. The summed E-state index contributed by atoms with van der Waals surface area (Å²) in [6.45, 7) is 0. The molecular formula is C17H18O4. The zero-order chi connectivity index (χ0) is 14.8. The van der Waals surface area contributed by atoms with Gasteiger partial charge in [0.05, 0.1) is 20.3 Å². The number of fused-ring (bicyclic) bond motifs is 1. The Labute approximate surface area is 123 Å². The molecule has 4 heteroatoms. The van der Waals surface area contributed by atoms with Crippen LogP contribution in [0.3, 0.4) is 0 Å². The molecule has 1 unspecified atom stereocenters. The molecule has 4 nitrogen and oxygen atoms in total. The maximum Gasteiger partial charge on any atom is 0.130 e. The van der Waals surface area contributed by atoms with Crippen LogP contribution in [0, 0.1) is 0 Å². The molecule has 2 aromatic carbocycles. The van der Waals surface area contributed by atoms with Gasteiger partial charge in [0.2, 0.25) is 0 Å². The van der Waals surface area contributed by atoms with Crippen molar-refractivity contribution < 1.29 is 19.3 Å². The molecule has 2 aromatic rings. The summed E-state index contributed by atoms with van der Waals surface area (Å²) in [6.07, 6.45) is -0.301. The molecule has 110 valence electrons. The molecule has 1 aliphatic rings. The monoisotopic (exact) mass is 286 g/mol. The molecule has 21 heavy (non-hydrogen) atoms. The van der Waals surface area contributed by atoms with E-state index >= 15 is 0 Å². The predicted molar refractivity (Wildman–Crippen MR) is 78.9 cm³/mol. The van der Waals surface area contributed by atoms with Crippen molar-refractivity contribution in [2.75, 3.05) is 14.2 Å². The summed E-state index contributed by atoms with van der Waals surface area (Å²) in [5.74, 6) is 2.13. The predicted octanol–water partition coefficient (Wildman–Crippen LogP) is 3.26. The number of rotatable bonds is 3. The number of methoxy groups -OCH3 is 2. The van der Waals surface area contributed by atoms with E-state index in [1.165, 1.54) is 0 Å². The third-order valence-corrected chi connectivity index (χ3v) is 3.77. The summed E-state index contributed by atoms with van der Waals surface area (Å²) in [5, 5.41) is 10.4. The molecule has 0 aromatic heterocycles. The molecule has 0 saturated heterocycles. The highest BCUT2D eigenvalue weighted by Gasteiger charge is 2.29. The highest BCUT2D eigenvalue weighted by atomic mass is 16.5. The third kappa shape index (κ3) is 2.54.